The predicted octanol–water partition coefficient (Wildman–Crippen LogP) is 3.12. The molecular formula is C16H24N4S. The van der Waals surface area contributed by atoms with Crippen molar-refractivity contribution in [3.05, 3.63) is 33.5 Å². The fourth-order valence-corrected chi connectivity index (χ4v) is 3.85. The van der Waals surface area contributed by atoms with Crippen LogP contribution < -0.4 is 5.32 Å². The number of nitrogens with one attached hydrogen (secondary N) is 1. The predicted molar refractivity (Wildman–Crippen MR) is 86.7 cm³/mol. The molecule has 0 unspecified atom stereocenters. The molecule has 1 aliphatic heterocycles. The van der Waals surface area contributed by atoms with Crippen LogP contribution in [0, 0.1) is 12.8 Å². The van der Waals surface area contributed by atoms with Gasteiger partial charge in [-0.15, -0.1) is 21.5 Å². The second kappa shape index (κ2) is 6.28. The largest absolute Gasteiger partial charge is 0.314 e. The molecule has 0 fully saturated rings. The highest BCUT2D eigenvalue weighted by Gasteiger charge is 2.23. The van der Waals surface area contributed by atoms with Crippen molar-refractivity contribution in [2.24, 2.45) is 5.92 Å². The number of thiophene rings is 1. The van der Waals surface area contributed by atoms with E-state index in [9.17, 15) is 0 Å². The summed E-state index contributed by atoms with van der Waals surface area (Å²) in [6.45, 7) is 9.67. The number of rotatable bonds is 5. The first-order valence-electron chi connectivity index (χ1n) is 7.81. The van der Waals surface area contributed by atoms with E-state index in [1.807, 2.05) is 11.3 Å². The van der Waals surface area contributed by atoms with Crippen LogP contribution in [0.15, 0.2) is 12.1 Å². The minimum atomic E-state index is 0.451. The molecule has 0 spiro atoms. The van der Waals surface area contributed by atoms with E-state index < -0.39 is 0 Å². The maximum absolute atomic E-state index is 4.36. The number of nitrogens with zero attached hydrogens (tertiary/aromatic N) is 3. The molecule has 0 aromatic carbocycles. The van der Waals surface area contributed by atoms with Crippen molar-refractivity contribution in [3.63, 3.8) is 0 Å². The number of aryl methyl sites for hydroxylation is 2. The molecule has 0 bridgehead atoms. The molecule has 0 amide bonds. The Balaban J connectivity index is 1.55. The van der Waals surface area contributed by atoms with Gasteiger partial charge < -0.3 is 9.88 Å². The van der Waals surface area contributed by atoms with Crippen molar-refractivity contribution in [3.8, 4) is 0 Å². The zero-order valence-corrected chi connectivity index (χ0v) is 13.9. The molecule has 3 rings (SSSR count). The lowest BCUT2D eigenvalue weighted by atomic mass is 9.98. The zero-order chi connectivity index (χ0) is 14.8. The second-order valence-corrected chi connectivity index (χ2v) is 7.66. The summed E-state index contributed by atoms with van der Waals surface area (Å²) in [6.07, 6.45) is 2.27. The van der Waals surface area contributed by atoms with Crippen LogP contribution in [0.25, 0.3) is 0 Å². The first-order chi connectivity index (χ1) is 10.1. The van der Waals surface area contributed by atoms with Gasteiger partial charge in [-0.25, -0.2) is 0 Å². The lowest BCUT2D eigenvalue weighted by Crippen LogP contribution is -2.30. The van der Waals surface area contributed by atoms with E-state index >= 15 is 0 Å². The molecule has 5 heteroatoms. The van der Waals surface area contributed by atoms with E-state index in [0.717, 1.165) is 31.9 Å². The minimum absolute atomic E-state index is 0.451. The van der Waals surface area contributed by atoms with Crippen molar-refractivity contribution >= 4 is 11.3 Å². The lowest BCUT2D eigenvalue weighted by Gasteiger charge is -2.25. The van der Waals surface area contributed by atoms with Gasteiger partial charge in [0.1, 0.15) is 11.6 Å². The van der Waals surface area contributed by atoms with Crippen LogP contribution in [-0.4, -0.2) is 21.3 Å². The molecule has 1 N–H and O–H groups in total. The Kier molecular flexibility index (Phi) is 4.40. The molecule has 0 radical (unpaired) electrons. The SMILES string of the molecule is Cc1ccc(CNC[C@@H]2CCc3nnc(C(C)C)n3C2)s1. The van der Waals surface area contributed by atoms with Crippen LogP contribution in [-0.2, 0) is 19.5 Å². The first-order valence-corrected chi connectivity index (χ1v) is 8.63. The van der Waals surface area contributed by atoms with Crippen LogP contribution in [0.3, 0.4) is 0 Å². The van der Waals surface area contributed by atoms with Crippen LogP contribution in [0.2, 0.25) is 0 Å². The summed E-state index contributed by atoms with van der Waals surface area (Å²) in [7, 11) is 0. The van der Waals surface area contributed by atoms with E-state index in [1.54, 1.807) is 0 Å². The quantitative estimate of drug-likeness (QED) is 0.923. The standard InChI is InChI=1S/C16H24N4S/c1-11(2)16-19-18-15-7-5-13(10-20(15)16)8-17-9-14-6-4-12(3)21-14/h4,6,11,13,17H,5,7-10H2,1-3H3/t13-/m0/s1. The number of aromatic nitrogens is 3. The van der Waals surface area contributed by atoms with Crippen LogP contribution in [0.4, 0.5) is 0 Å². The Bertz CT molecular complexity index is 599. The molecule has 0 aliphatic carbocycles. The highest BCUT2D eigenvalue weighted by atomic mass is 32.1. The van der Waals surface area contributed by atoms with Gasteiger partial charge in [-0.1, -0.05) is 13.8 Å². The molecule has 114 valence electrons. The second-order valence-electron chi connectivity index (χ2n) is 6.29. The Hall–Kier alpha value is -1.20. The average molecular weight is 304 g/mol. The minimum Gasteiger partial charge on any atom is -0.314 e. The topological polar surface area (TPSA) is 42.7 Å². The van der Waals surface area contributed by atoms with Crippen LogP contribution in [0.5, 0.6) is 0 Å². The molecule has 1 aliphatic rings. The number of hydrogen-bond donors (Lipinski definition) is 1. The Labute approximate surface area is 130 Å². The van der Waals surface area contributed by atoms with Crippen molar-refractivity contribution < 1.29 is 0 Å². The van der Waals surface area contributed by atoms with Crippen LogP contribution in [0.1, 0.15) is 47.6 Å². The Morgan fingerprint density at radius 2 is 2.24 bits per heavy atom. The summed E-state index contributed by atoms with van der Waals surface area (Å²) in [5, 5.41) is 12.3. The summed E-state index contributed by atoms with van der Waals surface area (Å²) in [4.78, 5) is 2.82. The van der Waals surface area contributed by atoms with Gasteiger partial charge in [-0.3, -0.25) is 0 Å². The summed E-state index contributed by atoms with van der Waals surface area (Å²) < 4.78 is 2.34. The fraction of sp³-hybridized carbons (Fsp3) is 0.625. The van der Waals surface area contributed by atoms with Gasteiger partial charge >= 0.3 is 0 Å². The monoisotopic (exact) mass is 304 g/mol. The highest BCUT2D eigenvalue weighted by Crippen LogP contribution is 2.23. The maximum atomic E-state index is 4.36. The highest BCUT2D eigenvalue weighted by molar-refractivity contribution is 7.11. The number of hydrogen-bond acceptors (Lipinski definition) is 4. The van der Waals surface area contributed by atoms with Gasteiger partial charge in [0.05, 0.1) is 0 Å². The molecule has 3 heterocycles. The van der Waals surface area contributed by atoms with Crippen molar-refractivity contribution in [2.75, 3.05) is 6.54 Å². The first kappa shape index (κ1) is 14.7. The van der Waals surface area contributed by atoms with Gasteiger partial charge in [0.2, 0.25) is 0 Å². The fourth-order valence-electron chi connectivity index (χ4n) is 2.99. The van der Waals surface area contributed by atoms with Crippen molar-refractivity contribution in [2.45, 2.75) is 52.6 Å². The summed E-state index contributed by atoms with van der Waals surface area (Å²) >= 11 is 1.88. The molecule has 2 aromatic heterocycles. The molecule has 0 saturated heterocycles. The normalized spacial score (nSPS) is 18.2. The van der Waals surface area contributed by atoms with Gasteiger partial charge in [0, 0.05) is 41.7 Å². The van der Waals surface area contributed by atoms with E-state index in [-0.39, 0.29) is 0 Å². The zero-order valence-electron chi connectivity index (χ0n) is 13.1. The summed E-state index contributed by atoms with van der Waals surface area (Å²) in [5.74, 6) is 3.45. The van der Waals surface area contributed by atoms with E-state index in [2.05, 4.69) is 53.0 Å². The molecule has 0 saturated carbocycles. The summed E-state index contributed by atoms with van der Waals surface area (Å²) in [5.41, 5.74) is 0. The van der Waals surface area contributed by atoms with Gasteiger partial charge in [0.25, 0.3) is 0 Å². The molecule has 4 nitrogen and oxygen atoms in total. The van der Waals surface area contributed by atoms with Gasteiger partial charge in [-0.05, 0) is 31.4 Å². The average Bonchev–Trinajstić information content (AvgIpc) is 3.04. The van der Waals surface area contributed by atoms with Crippen molar-refractivity contribution in [1.29, 1.82) is 0 Å². The third kappa shape index (κ3) is 3.35. The Morgan fingerprint density at radius 3 is 2.95 bits per heavy atom. The van der Waals surface area contributed by atoms with Gasteiger partial charge in [-0.2, -0.15) is 0 Å². The molecule has 2 aromatic rings. The lowest BCUT2D eigenvalue weighted by molar-refractivity contribution is 0.340. The van der Waals surface area contributed by atoms with E-state index in [0.29, 0.717) is 11.8 Å². The molecule has 21 heavy (non-hydrogen) atoms. The molecule has 1 atom stereocenters. The smallest absolute Gasteiger partial charge is 0.135 e. The Morgan fingerprint density at radius 1 is 1.38 bits per heavy atom. The van der Waals surface area contributed by atoms with Crippen molar-refractivity contribution in [1.82, 2.24) is 20.1 Å². The third-order valence-electron chi connectivity index (χ3n) is 4.12. The third-order valence-corrected chi connectivity index (χ3v) is 5.12. The van der Waals surface area contributed by atoms with Crippen LogP contribution >= 0.6 is 11.3 Å². The van der Waals surface area contributed by atoms with Gasteiger partial charge in [0.15, 0.2) is 0 Å². The maximum Gasteiger partial charge on any atom is 0.135 e. The summed E-state index contributed by atoms with van der Waals surface area (Å²) in [6, 6.07) is 4.42. The number of fused-ring (bicyclic) bond motifs is 1. The van der Waals surface area contributed by atoms with E-state index in [4.69, 9.17) is 0 Å². The molecular weight excluding hydrogens is 280 g/mol. The van der Waals surface area contributed by atoms with E-state index in [1.165, 1.54) is 22.0 Å².